The molecule has 1 N–H and O–H groups in total. The molecular formula is C16H21N3O4S. The van der Waals surface area contributed by atoms with E-state index in [1.807, 2.05) is 13.8 Å². The van der Waals surface area contributed by atoms with E-state index in [2.05, 4.69) is 9.71 Å². The first-order valence-corrected chi connectivity index (χ1v) is 9.45. The number of morpholine rings is 1. The monoisotopic (exact) mass is 351 g/mol. The lowest BCUT2D eigenvalue weighted by Crippen LogP contribution is -2.47. The number of sulfonamides is 1. The van der Waals surface area contributed by atoms with Gasteiger partial charge in [0.1, 0.15) is 11.9 Å². The molecule has 7 nitrogen and oxygen atoms in total. The fourth-order valence-corrected chi connectivity index (χ4v) is 4.07. The van der Waals surface area contributed by atoms with Crippen molar-refractivity contribution in [1.29, 1.82) is 0 Å². The van der Waals surface area contributed by atoms with Crippen molar-refractivity contribution >= 4 is 21.8 Å². The van der Waals surface area contributed by atoms with E-state index < -0.39 is 16.1 Å². The van der Waals surface area contributed by atoms with Gasteiger partial charge >= 0.3 is 0 Å². The van der Waals surface area contributed by atoms with Crippen molar-refractivity contribution in [3.63, 3.8) is 0 Å². The molecule has 8 heteroatoms. The summed E-state index contributed by atoms with van der Waals surface area (Å²) in [5, 5.41) is 0. The fourth-order valence-electron chi connectivity index (χ4n) is 2.83. The number of nitrogens with one attached hydrogen (secondary N) is 1. The van der Waals surface area contributed by atoms with Crippen LogP contribution in [0.15, 0.2) is 34.2 Å². The van der Waals surface area contributed by atoms with Crippen LogP contribution in [0.3, 0.4) is 0 Å². The number of ether oxygens (including phenoxy) is 1. The van der Waals surface area contributed by atoms with E-state index in [-0.39, 0.29) is 22.6 Å². The minimum atomic E-state index is -3.60. The third-order valence-electron chi connectivity index (χ3n) is 4.14. The number of hydrogen-bond donors (Lipinski definition) is 1. The maximum absolute atomic E-state index is 12.8. The number of aliphatic imine (C=N–C) groups is 1. The molecule has 0 unspecified atom stereocenters. The quantitative estimate of drug-likeness (QED) is 0.864. The number of amides is 1. The van der Waals surface area contributed by atoms with Crippen LogP contribution in [0.1, 0.15) is 19.4 Å². The molecule has 2 heterocycles. The van der Waals surface area contributed by atoms with E-state index in [1.165, 1.54) is 6.07 Å². The first kappa shape index (κ1) is 16.9. The summed E-state index contributed by atoms with van der Waals surface area (Å²) in [5.74, 6) is 0.0976. The van der Waals surface area contributed by atoms with E-state index in [4.69, 9.17) is 4.74 Å². The summed E-state index contributed by atoms with van der Waals surface area (Å²) in [6.45, 7) is 5.92. The first-order valence-electron chi connectivity index (χ1n) is 7.96. The van der Waals surface area contributed by atoms with Crippen LogP contribution in [-0.2, 0) is 19.6 Å². The van der Waals surface area contributed by atoms with Gasteiger partial charge in [-0.1, -0.05) is 26.0 Å². The Labute approximate surface area is 141 Å². The van der Waals surface area contributed by atoms with E-state index in [0.717, 1.165) is 0 Å². The number of amidine groups is 1. The molecule has 0 radical (unpaired) electrons. The van der Waals surface area contributed by atoms with Crippen LogP contribution in [0.5, 0.6) is 0 Å². The first-order chi connectivity index (χ1) is 11.4. The van der Waals surface area contributed by atoms with Crippen molar-refractivity contribution in [3.8, 4) is 0 Å². The topological polar surface area (TPSA) is 88.1 Å². The smallest absolute Gasteiger partial charge is 0.263 e. The van der Waals surface area contributed by atoms with Gasteiger partial charge in [0, 0.05) is 18.7 Å². The standard InChI is InChI=1S/C16H21N3O4S/c1-11(2)14(16(20)19-7-9-23-10-8-19)17-15-12-5-3-4-6-13(12)24(21,22)18-15/h3-6,11,14H,7-10H2,1-2H3,(H,17,18)/t14-/m0/s1. The predicted octanol–water partition coefficient (Wildman–Crippen LogP) is 0.608. The number of hydrogen-bond acceptors (Lipinski definition) is 5. The highest BCUT2D eigenvalue weighted by Gasteiger charge is 2.34. The van der Waals surface area contributed by atoms with Gasteiger partial charge in [-0.15, -0.1) is 0 Å². The molecule has 0 aliphatic carbocycles. The van der Waals surface area contributed by atoms with Gasteiger partial charge in [0.15, 0.2) is 0 Å². The van der Waals surface area contributed by atoms with Crippen molar-refractivity contribution < 1.29 is 17.9 Å². The number of rotatable bonds is 3. The van der Waals surface area contributed by atoms with Crippen molar-refractivity contribution in [2.45, 2.75) is 24.8 Å². The van der Waals surface area contributed by atoms with Crippen molar-refractivity contribution in [1.82, 2.24) is 9.62 Å². The molecule has 3 rings (SSSR count). The summed E-state index contributed by atoms with van der Waals surface area (Å²) < 4.78 is 32.1. The van der Waals surface area contributed by atoms with Gasteiger partial charge in [-0.3, -0.25) is 14.5 Å². The Balaban J connectivity index is 1.94. The minimum Gasteiger partial charge on any atom is -0.378 e. The largest absolute Gasteiger partial charge is 0.378 e. The molecule has 2 aliphatic heterocycles. The van der Waals surface area contributed by atoms with Crippen molar-refractivity contribution in [3.05, 3.63) is 29.8 Å². The Bertz CT molecular complexity index is 767. The fraction of sp³-hybridized carbons (Fsp3) is 0.500. The Morgan fingerprint density at radius 3 is 2.58 bits per heavy atom. The second-order valence-corrected chi connectivity index (χ2v) is 7.86. The average Bonchev–Trinajstić information content (AvgIpc) is 2.84. The van der Waals surface area contributed by atoms with Gasteiger partial charge in [-0.05, 0) is 18.1 Å². The summed E-state index contributed by atoms with van der Waals surface area (Å²) in [7, 11) is -3.60. The van der Waals surface area contributed by atoms with Gasteiger partial charge < -0.3 is 9.64 Å². The molecule has 2 aliphatic rings. The van der Waals surface area contributed by atoms with Crippen LogP contribution in [0.4, 0.5) is 0 Å². The molecule has 0 saturated carbocycles. The van der Waals surface area contributed by atoms with Crippen molar-refractivity contribution in [2.75, 3.05) is 26.3 Å². The maximum atomic E-state index is 12.8. The Morgan fingerprint density at radius 2 is 1.92 bits per heavy atom. The molecule has 0 spiro atoms. The molecule has 1 atom stereocenters. The zero-order chi connectivity index (χ0) is 17.3. The van der Waals surface area contributed by atoms with E-state index in [1.54, 1.807) is 23.1 Å². The summed E-state index contributed by atoms with van der Waals surface area (Å²) in [6.07, 6.45) is 0. The average molecular weight is 351 g/mol. The van der Waals surface area contributed by atoms with Crippen LogP contribution in [0.25, 0.3) is 0 Å². The molecule has 1 fully saturated rings. The summed E-state index contributed by atoms with van der Waals surface area (Å²) in [6, 6.07) is 6.02. The summed E-state index contributed by atoms with van der Waals surface area (Å²) in [4.78, 5) is 19.2. The molecule has 1 aromatic carbocycles. The maximum Gasteiger partial charge on any atom is 0.263 e. The molecule has 0 aromatic heterocycles. The van der Waals surface area contributed by atoms with Crippen LogP contribution >= 0.6 is 0 Å². The third-order valence-corrected chi connectivity index (χ3v) is 5.54. The second-order valence-electron chi connectivity index (χ2n) is 6.21. The third kappa shape index (κ3) is 3.16. The highest BCUT2D eigenvalue weighted by molar-refractivity contribution is 7.90. The summed E-state index contributed by atoms with van der Waals surface area (Å²) >= 11 is 0. The number of carbonyl (C=O) groups excluding carboxylic acids is 1. The lowest BCUT2D eigenvalue weighted by Gasteiger charge is -2.30. The number of nitrogens with zero attached hydrogens (tertiary/aromatic N) is 2. The number of fused-ring (bicyclic) bond motifs is 1. The molecule has 24 heavy (non-hydrogen) atoms. The lowest BCUT2D eigenvalue weighted by molar-refractivity contribution is -0.137. The predicted molar refractivity (Wildman–Crippen MR) is 89.3 cm³/mol. The molecular weight excluding hydrogens is 330 g/mol. The van der Waals surface area contributed by atoms with Crippen molar-refractivity contribution in [2.24, 2.45) is 10.9 Å². The SMILES string of the molecule is CC(C)[C@H](N=C1NS(=O)(=O)c2ccccc21)C(=O)N1CCOCC1. The zero-order valence-electron chi connectivity index (χ0n) is 13.7. The minimum absolute atomic E-state index is 0.0508. The zero-order valence-corrected chi connectivity index (χ0v) is 14.5. The highest BCUT2D eigenvalue weighted by Crippen LogP contribution is 2.24. The van der Waals surface area contributed by atoms with Crippen LogP contribution in [0.2, 0.25) is 0 Å². The van der Waals surface area contributed by atoms with E-state index >= 15 is 0 Å². The number of carbonyl (C=O) groups is 1. The van der Waals surface area contributed by atoms with E-state index in [9.17, 15) is 13.2 Å². The Morgan fingerprint density at radius 1 is 1.25 bits per heavy atom. The van der Waals surface area contributed by atoms with Crippen LogP contribution in [-0.4, -0.2) is 57.4 Å². The van der Waals surface area contributed by atoms with Gasteiger partial charge in [-0.25, -0.2) is 8.42 Å². The Hall–Kier alpha value is -1.93. The molecule has 1 amide bonds. The Kier molecular flexibility index (Phi) is 4.60. The molecule has 1 saturated heterocycles. The van der Waals surface area contributed by atoms with Crippen LogP contribution < -0.4 is 4.72 Å². The lowest BCUT2D eigenvalue weighted by atomic mass is 10.0. The molecule has 1 aromatic rings. The van der Waals surface area contributed by atoms with Gasteiger partial charge in [-0.2, -0.15) is 0 Å². The normalized spacial score (nSPS) is 22.3. The second kappa shape index (κ2) is 6.52. The molecule has 0 bridgehead atoms. The highest BCUT2D eigenvalue weighted by atomic mass is 32.2. The van der Waals surface area contributed by atoms with Gasteiger partial charge in [0.2, 0.25) is 5.91 Å². The van der Waals surface area contributed by atoms with Crippen LogP contribution in [0, 0.1) is 5.92 Å². The summed E-state index contributed by atoms with van der Waals surface area (Å²) in [5.41, 5.74) is 0.512. The van der Waals surface area contributed by atoms with E-state index in [0.29, 0.717) is 31.9 Å². The number of benzene rings is 1. The van der Waals surface area contributed by atoms with Gasteiger partial charge in [0.25, 0.3) is 10.0 Å². The van der Waals surface area contributed by atoms with Gasteiger partial charge in [0.05, 0.1) is 18.1 Å². The molecule has 130 valence electrons.